The van der Waals surface area contributed by atoms with Crippen LogP contribution >= 0.6 is 0 Å². The summed E-state index contributed by atoms with van der Waals surface area (Å²) >= 11 is 0. The highest BCUT2D eigenvalue weighted by Crippen LogP contribution is 2.64. The maximum Gasteiger partial charge on any atom is 0.0686 e. The maximum atomic E-state index is 11.0. The van der Waals surface area contributed by atoms with E-state index in [0.717, 1.165) is 25.7 Å². The van der Waals surface area contributed by atoms with Crippen LogP contribution in [0.5, 0.6) is 0 Å². The fourth-order valence-electron chi connectivity index (χ4n) is 5.10. The minimum absolute atomic E-state index is 0.0413. The first-order chi connectivity index (χ1) is 7.77. The van der Waals surface area contributed by atoms with Gasteiger partial charge in [0.05, 0.1) is 11.7 Å². The van der Waals surface area contributed by atoms with Crippen LogP contribution in [0.1, 0.15) is 59.3 Å². The lowest BCUT2D eigenvalue weighted by molar-refractivity contribution is -0.176. The smallest absolute Gasteiger partial charge is 0.0686 e. The maximum absolute atomic E-state index is 11.0. The Morgan fingerprint density at radius 2 is 1.71 bits per heavy atom. The van der Waals surface area contributed by atoms with Gasteiger partial charge in [-0.3, -0.25) is 0 Å². The monoisotopic (exact) mass is 238 g/mol. The second kappa shape index (κ2) is 3.27. The van der Waals surface area contributed by atoms with E-state index in [0.29, 0.717) is 17.3 Å². The summed E-state index contributed by atoms with van der Waals surface area (Å²) in [5, 5.41) is 21.2. The molecule has 5 atom stereocenters. The molecule has 3 rings (SSSR count). The van der Waals surface area contributed by atoms with Crippen LogP contribution in [0.25, 0.3) is 0 Å². The molecule has 0 heterocycles. The summed E-state index contributed by atoms with van der Waals surface area (Å²) in [6.07, 6.45) is 5.65. The number of aliphatic hydroxyl groups excluding tert-OH is 1. The zero-order valence-electron chi connectivity index (χ0n) is 11.4. The molecule has 0 aromatic heterocycles. The molecular weight excluding hydrogens is 212 g/mol. The van der Waals surface area contributed by atoms with Crippen molar-refractivity contribution in [2.45, 2.75) is 71.0 Å². The van der Waals surface area contributed by atoms with Gasteiger partial charge in [-0.2, -0.15) is 0 Å². The Morgan fingerprint density at radius 1 is 1.00 bits per heavy atom. The van der Waals surface area contributed by atoms with Crippen molar-refractivity contribution < 1.29 is 10.2 Å². The Labute approximate surface area is 104 Å². The fraction of sp³-hybridized carbons (Fsp3) is 1.00. The Kier molecular flexibility index (Phi) is 2.30. The molecule has 3 saturated carbocycles. The first-order valence-corrected chi connectivity index (χ1v) is 7.17. The van der Waals surface area contributed by atoms with Gasteiger partial charge in [-0.25, -0.2) is 0 Å². The Bertz CT molecular complexity index is 338. The third-order valence-electron chi connectivity index (χ3n) is 6.32. The van der Waals surface area contributed by atoms with Crippen molar-refractivity contribution in [1.29, 1.82) is 0 Å². The fourth-order valence-corrected chi connectivity index (χ4v) is 5.10. The predicted octanol–water partition coefficient (Wildman–Crippen LogP) is 2.72. The SMILES string of the molecule is CC1(C)C[C@@H]2[C@@H]1CC[C@@]1(C)C[C@]2(O)CC[C@@H]1O. The van der Waals surface area contributed by atoms with E-state index < -0.39 is 5.60 Å². The second-order valence-corrected chi connectivity index (χ2v) is 7.93. The molecule has 0 amide bonds. The molecule has 0 spiro atoms. The largest absolute Gasteiger partial charge is 0.393 e. The topological polar surface area (TPSA) is 40.5 Å². The van der Waals surface area contributed by atoms with Crippen LogP contribution in [0.3, 0.4) is 0 Å². The van der Waals surface area contributed by atoms with Crippen LogP contribution in [0.2, 0.25) is 0 Å². The number of aliphatic hydroxyl groups is 2. The summed E-state index contributed by atoms with van der Waals surface area (Å²) in [4.78, 5) is 0. The van der Waals surface area contributed by atoms with E-state index in [-0.39, 0.29) is 11.5 Å². The Morgan fingerprint density at radius 3 is 2.35 bits per heavy atom. The summed E-state index contributed by atoms with van der Waals surface area (Å²) < 4.78 is 0. The van der Waals surface area contributed by atoms with Gasteiger partial charge in [-0.15, -0.1) is 0 Å². The van der Waals surface area contributed by atoms with Crippen LogP contribution in [-0.4, -0.2) is 21.9 Å². The number of hydrogen-bond acceptors (Lipinski definition) is 2. The molecule has 3 fully saturated rings. The summed E-state index contributed by atoms with van der Waals surface area (Å²) in [5.74, 6) is 1.16. The first-order valence-electron chi connectivity index (χ1n) is 7.17. The molecule has 0 aromatic rings. The third-order valence-corrected chi connectivity index (χ3v) is 6.32. The first kappa shape index (κ1) is 12.0. The summed E-state index contributed by atoms with van der Waals surface area (Å²) in [6, 6.07) is 0. The number of rotatable bonds is 0. The normalized spacial score (nSPS) is 56.6. The van der Waals surface area contributed by atoms with Gasteiger partial charge < -0.3 is 10.2 Å². The molecule has 0 aromatic carbocycles. The van der Waals surface area contributed by atoms with Gasteiger partial charge in [0.15, 0.2) is 0 Å². The minimum Gasteiger partial charge on any atom is -0.393 e. The van der Waals surface area contributed by atoms with E-state index in [9.17, 15) is 10.2 Å². The van der Waals surface area contributed by atoms with E-state index in [1.165, 1.54) is 12.8 Å². The molecule has 2 bridgehead atoms. The van der Waals surface area contributed by atoms with Crippen molar-refractivity contribution in [2.24, 2.45) is 22.7 Å². The lowest BCUT2D eigenvalue weighted by atomic mass is 9.49. The molecule has 3 aliphatic carbocycles. The zero-order valence-corrected chi connectivity index (χ0v) is 11.4. The van der Waals surface area contributed by atoms with Crippen LogP contribution in [-0.2, 0) is 0 Å². The molecule has 0 saturated heterocycles. The van der Waals surface area contributed by atoms with Crippen molar-refractivity contribution in [2.75, 3.05) is 0 Å². The lowest BCUT2D eigenvalue weighted by Gasteiger charge is -2.58. The standard InChI is InChI=1S/C15H26O2/c1-13(2)8-11-10(13)4-6-14(3)9-15(11,17)7-5-12(14)16/h10-12,16-17H,4-9H2,1-3H3/t10-,11+,12-,14-,15+/m0/s1. The van der Waals surface area contributed by atoms with Crippen molar-refractivity contribution in [1.82, 2.24) is 0 Å². The average molecular weight is 238 g/mol. The molecule has 98 valence electrons. The van der Waals surface area contributed by atoms with E-state index in [2.05, 4.69) is 20.8 Å². The van der Waals surface area contributed by atoms with Gasteiger partial charge in [-0.1, -0.05) is 20.8 Å². The van der Waals surface area contributed by atoms with Gasteiger partial charge in [0.2, 0.25) is 0 Å². The molecule has 3 aliphatic rings. The third kappa shape index (κ3) is 1.53. The molecule has 2 nitrogen and oxygen atoms in total. The Balaban J connectivity index is 1.93. The van der Waals surface area contributed by atoms with Gasteiger partial charge in [0.25, 0.3) is 0 Å². The summed E-state index contributed by atoms with van der Waals surface area (Å²) in [7, 11) is 0. The van der Waals surface area contributed by atoms with Crippen LogP contribution in [0.4, 0.5) is 0 Å². The van der Waals surface area contributed by atoms with Crippen molar-refractivity contribution >= 4 is 0 Å². The van der Waals surface area contributed by atoms with E-state index in [1.807, 2.05) is 0 Å². The van der Waals surface area contributed by atoms with Crippen LogP contribution < -0.4 is 0 Å². The van der Waals surface area contributed by atoms with Crippen molar-refractivity contribution in [3.05, 3.63) is 0 Å². The highest BCUT2D eigenvalue weighted by Gasteiger charge is 2.61. The molecule has 0 unspecified atom stereocenters. The van der Waals surface area contributed by atoms with Gasteiger partial charge in [0, 0.05) is 0 Å². The van der Waals surface area contributed by atoms with E-state index >= 15 is 0 Å². The highest BCUT2D eigenvalue weighted by atomic mass is 16.3. The Hall–Kier alpha value is -0.0800. The molecular formula is C15H26O2. The quantitative estimate of drug-likeness (QED) is 0.681. The molecule has 0 radical (unpaired) electrons. The summed E-state index contributed by atoms with van der Waals surface area (Å²) in [5.41, 5.74) is -0.121. The summed E-state index contributed by atoms with van der Waals surface area (Å²) in [6.45, 7) is 6.86. The minimum atomic E-state index is -0.481. The number of hydrogen-bond donors (Lipinski definition) is 2. The zero-order chi connectivity index (χ0) is 12.5. The van der Waals surface area contributed by atoms with Gasteiger partial charge >= 0.3 is 0 Å². The predicted molar refractivity (Wildman–Crippen MR) is 67.5 cm³/mol. The van der Waals surface area contributed by atoms with Crippen molar-refractivity contribution in [3.63, 3.8) is 0 Å². The van der Waals surface area contributed by atoms with E-state index in [1.54, 1.807) is 0 Å². The molecule has 2 heteroatoms. The van der Waals surface area contributed by atoms with Crippen LogP contribution in [0, 0.1) is 22.7 Å². The highest BCUT2D eigenvalue weighted by molar-refractivity contribution is 5.12. The second-order valence-electron chi connectivity index (χ2n) is 7.93. The number of fused-ring (bicyclic) bond motifs is 4. The lowest BCUT2D eigenvalue weighted by Crippen LogP contribution is -2.57. The van der Waals surface area contributed by atoms with Gasteiger partial charge in [-0.05, 0) is 61.2 Å². The van der Waals surface area contributed by atoms with Gasteiger partial charge in [0.1, 0.15) is 0 Å². The van der Waals surface area contributed by atoms with Crippen LogP contribution in [0.15, 0.2) is 0 Å². The molecule has 2 N–H and O–H groups in total. The molecule has 0 aliphatic heterocycles. The molecule has 17 heavy (non-hydrogen) atoms. The van der Waals surface area contributed by atoms with Crippen molar-refractivity contribution in [3.8, 4) is 0 Å². The van der Waals surface area contributed by atoms with E-state index in [4.69, 9.17) is 0 Å². The average Bonchev–Trinajstić information content (AvgIpc) is 2.28.